The largest absolute Gasteiger partial charge is 0.496 e. The quantitative estimate of drug-likeness (QED) is 0.428. The highest BCUT2D eigenvalue weighted by molar-refractivity contribution is 6.05. The Morgan fingerprint density at radius 3 is 2.25 bits per heavy atom. The number of carbonyl (C=O) groups excluding carboxylic acids is 1. The second-order valence-corrected chi connectivity index (χ2v) is 6.89. The minimum absolute atomic E-state index is 0.202. The van der Waals surface area contributed by atoms with Crippen molar-refractivity contribution in [1.29, 1.82) is 0 Å². The van der Waals surface area contributed by atoms with Gasteiger partial charge in [-0.1, -0.05) is 48.5 Å². The summed E-state index contributed by atoms with van der Waals surface area (Å²) >= 11 is 0. The van der Waals surface area contributed by atoms with Crippen molar-refractivity contribution in [2.24, 2.45) is 0 Å². The molecule has 1 amide bonds. The molecule has 0 unspecified atom stereocenters. The molecule has 0 fully saturated rings. The summed E-state index contributed by atoms with van der Waals surface area (Å²) in [5.74, 6) is -0.445. The molecular formula is C24H18F3N3O2. The highest BCUT2D eigenvalue weighted by Crippen LogP contribution is 2.35. The predicted octanol–water partition coefficient (Wildman–Crippen LogP) is 5.82. The van der Waals surface area contributed by atoms with Crippen molar-refractivity contribution in [2.45, 2.75) is 6.18 Å². The van der Waals surface area contributed by atoms with Gasteiger partial charge >= 0.3 is 6.18 Å². The summed E-state index contributed by atoms with van der Waals surface area (Å²) in [7, 11) is 1.49. The first-order valence-corrected chi connectivity index (χ1v) is 9.64. The van der Waals surface area contributed by atoms with E-state index in [2.05, 4.69) is 10.4 Å². The Labute approximate surface area is 182 Å². The van der Waals surface area contributed by atoms with Crippen LogP contribution in [0.5, 0.6) is 5.75 Å². The summed E-state index contributed by atoms with van der Waals surface area (Å²) in [4.78, 5) is 12.8. The lowest BCUT2D eigenvalue weighted by Crippen LogP contribution is -2.20. The van der Waals surface area contributed by atoms with Crippen LogP contribution in [-0.2, 0) is 6.18 Å². The number of halogens is 3. The Balaban J connectivity index is 1.67. The Morgan fingerprint density at radius 1 is 0.969 bits per heavy atom. The summed E-state index contributed by atoms with van der Waals surface area (Å²) in [6, 6.07) is 22.2. The van der Waals surface area contributed by atoms with Crippen LogP contribution in [0, 0.1) is 0 Å². The number of methoxy groups -OCH3 is 1. The zero-order valence-corrected chi connectivity index (χ0v) is 16.9. The number of para-hydroxylation sites is 1. The van der Waals surface area contributed by atoms with Gasteiger partial charge < -0.3 is 10.1 Å². The van der Waals surface area contributed by atoms with Crippen LogP contribution in [0.4, 0.5) is 18.9 Å². The summed E-state index contributed by atoms with van der Waals surface area (Å²) in [6.45, 7) is 0. The third-order valence-electron chi connectivity index (χ3n) is 4.83. The fourth-order valence-corrected chi connectivity index (χ4v) is 3.38. The topological polar surface area (TPSA) is 56.1 Å². The lowest BCUT2D eigenvalue weighted by atomic mass is 10.0. The van der Waals surface area contributed by atoms with Crippen molar-refractivity contribution in [3.63, 3.8) is 0 Å². The van der Waals surface area contributed by atoms with E-state index in [9.17, 15) is 18.0 Å². The van der Waals surface area contributed by atoms with Crippen molar-refractivity contribution in [3.8, 4) is 22.6 Å². The highest BCUT2D eigenvalue weighted by atomic mass is 19.4. The van der Waals surface area contributed by atoms with Crippen LogP contribution in [0.2, 0.25) is 0 Å². The summed E-state index contributed by atoms with van der Waals surface area (Å²) < 4.78 is 47.6. The van der Waals surface area contributed by atoms with Crippen molar-refractivity contribution >= 4 is 11.6 Å². The second kappa shape index (κ2) is 8.58. The third kappa shape index (κ3) is 4.20. The maximum absolute atomic E-state index is 13.8. The summed E-state index contributed by atoms with van der Waals surface area (Å²) in [5, 5.41) is 6.33. The lowest BCUT2D eigenvalue weighted by Gasteiger charge is -2.14. The van der Waals surface area contributed by atoms with Gasteiger partial charge in [0, 0.05) is 17.3 Å². The molecule has 0 radical (unpaired) electrons. The number of amides is 1. The van der Waals surface area contributed by atoms with Gasteiger partial charge in [-0.3, -0.25) is 4.79 Å². The molecular weight excluding hydrogens is 419 g/mol. The minimum atomic E-state index is -4.78. The van der Waals surface area contributed by atoms with E-state index in [0.29, 0.717) is 16.1 Å². The molecule has 0 aliphatic heterocycles. The Hall–Kier alpha value is -4.07. The molecule has 4 rings (SSSR count). The van der Waals surface area contributed by atoms with E-state index in [4.69, 9.17) is 4.74 Å². The molecule has 4 aromatic rings. The van der Waals surface area contributed by atoms with E-state index in [1.165, 1.54) is 19.2 Å². The molecule has 5 nitrogen and oxygen atoms in total. The van der Waals surface area contributed by atoms with Gasteiger partial charge in [0.1, 0.15) is 5.75 Å². The monoisotopic (exact) mass is 437 g/mol. The van der Waals surface area contributed by atoms with E-state index in [-0.39, 0.29) is 5.69 Å². The number of benzene rings is 3. The maximum atomic E-state index is 13.8. The Kier molecular flexibility index (Phi) is 5.68. The average molecular weight is 437 g/mol. The average Bonchev–Trinajstić information content (AvgIpc) is 3.26. The normalized spacial score (nSPS) is 11.2. The van der Waals surface area contributed by atoms with Gasteiger partial charge in [-0.2, -0.15) is 18.3 Å². The van der Waals surface area contributed by atoms with Gasteiger partial charge in [0.05, 0.1) is 24.6 Å². The summed E-state index contributed by atoms with van der Waals surface area (Å²) in [5.41, 5.74) is 0.478. The first kappa shape index (κ1) is 21.2. The molecule has 1 aromatic heterocycles. The number of hydrogen-bond donors (Lipinski definition) is 1. The molecule has 0 aliphatic rings. The van der Waals surface area contributed by atoms with Gasteiger partial charge in [0.2, 0.25) is 0 Å². The Morgan fingerprint density at radius 2 is 1.62 bits per heavy atom. The van der Waals surface area contributed by atoms with E-state index in [0.717, 1.165) is 17.3 Å². The standard InChI is InChI=1S/C24H18F3N3O2/c1-32-21-14-17(12-13-19(21)16-8-4-2-5-9-16)29-23(31)20-15-28-30(22(20)24(25,26)27)18-10-6-3-7-11-18/h2-15H,1H3,(H,29,31). The molecule has 0 spiro atoms. The van der Waals surface area contributed by atoms with Crippen molar-refractivity contribution < 1.29 is 22.7 Å². The number of rotatable bonds is 5. The van der Waals surface area contributed by atoms with Crippen LogP contribution in [0.3, 0.4) is 0 Å². The van der Waals surface area contributed by atoms with E-state index < -0.39 is 23.3 Å². The number of aromatic nitrogens is 2. The van der Waals surface area contributed by atoms with Gasteiger partial charge in [0.25, 0.3) is 5.91 Å². The van der Waals surface area contributed by atoms with Gasteiger partial charge in [-0.25, -0.2) is 4.68 Å². The van der Waals surface area contributed by atoms with Gasteiger partial charge in [-0.05, 0) is 29.8 Å². The number of carbonyl (C=O) groups is 1. The molecule has 3 aromatic carbocycles. The van der Waals surface area contributed by atoms with Crippen LogP contribution >= 0.6 is 0 Å². The number of anilines is 1. The first-order chi connectivity index (χ1) is 15.4. The molecule has 0 aliphatic carbocycles. The molecule has 32 heavy (non-hydrogen) atoms. The Bertz CT molecular complexity index is 1240. The number of ether oxygens (including phenoxy) is 1. The van der Waals surface area contributed by atoms with Crippen molar-refractivity contribution in [2.75, 3.05) is 12.4 Å². The molecule has 0 bridgehead atoms. The molecule has 8 heteroatoms. The van der Waals surface area contributed by atoms with Crippen molar-refractivity contribution in [1.82, 2.24) is 9.78 Å². The fraction of sp³-hybridized carbons (Fsp3) is 0.0833. The van der Waals surface area contributed by atoms with Crippen LogP contribution < -0.4 is 10.1 Å². The lowest BCUT2D eigenvalue weighted by molar-refractivity contribution is -0.143. The SMILES string of the molecule is COc1cc(NC(=O)c2cnn(-c3ccccc3)c2C(F)(F)F)ccc1-c1ccccc1. The molecule has 0 saturated carbocycles. The first-order valence-electron chi connectivity index (χ1n) is 9.64. The maximum Gasteiger partial charge on any atom is 0.434 e. The molecule has 162 valence electrons. The summed E-state index contributed by atoms with van der Waals surface area (Å²) in [6.07, 6.45) is -3.87. The zero-order valence-electron chi connectivity index (χ0n) is 16.9. The molecule has 1 N–H and O–H groups in total. The number of hydrogen-bond acceptors (Lipinski definition) is 3. The number of alkyl halides is 3. The zero-order chi connectivity index (χ0) is 22.7. The van der Waals surface area contributed by atoms with E-state index in [1.54, 1.807) is 36.4 Å². The molecule has 0 atom stereocenters. The predicted molar refractivity (Wildman–Crippen MR) is 115 cm³/mol. The van der Waals surface area contributed by atoms with Crippen LogP contribution in [0.15, 0.2) is 85.1 Å². The van der Waals surface area contributed by atoms with Crippen LogP contribution in [0.1, 0.15) is 16.1 Å². The van der Waals surface area contributed by atoms with Crippen molar-refractivity contribution in [3.05, 3.63) is 96.3 Å². The number of nitrogens with one attached hydrogen (secondary N) is 1. The van der Waals surface area contributed by atoms with Gasteiger partial charge in [0.15, 0.2) is 5.69 Å². The third-order valence-corrected chi connectivity index (χ3v) is 4.83. The second-order valence-electron chi connectivity index (χ2n) is 6.89. The van der Waals surface area contributed by atoms with E-state index in [1.807, 2.05) is 30.3 Å². The smallest absolute Gasteiger partial charge is 0.434 e. The van der Waals surface area contributed by atoms with Crippen LogP contribution in [0.25, 0.3) is 16.8 Å². The minimum Gasteiger partial charge on any atom is -0.496 e. The molecule has 1 heterocycles. The van der Waals surface area contributed by atoms with Crippen LogP contribution in [-0.4, -0.2) is 22.8 Å². The van der Waals surface area contributed by atoms with Gasteiger partial charge in [-0.15, -0.1) is 0 Å². The fourth-order valence-electron chi connectivity index (χ4n) is 3.38. The molecule has 0 saturated heterocycles. The highest BCUT2D eigenvalue weighted by Gasteiger charge is 2.40. The number of nitrogens with zero attached hydrogens (tertiary/aromatic N) is 2. The van der Waals surface area contributed by atoms with E-state index >= 15 is 0 Å².